The summed E-state index contributed by atoms with van der Waals surface area (Å²) in [5.74, 6) is 0.987. The number of aryl methyl sites for hydroxylation is 1. The summed E-state index contributed by atoms with van der Waals surface area (Å²) < 4.78 is 40.3. The molecule has 0 unspecified atom stereocenters. The Kier molecular flexibility index (Phi) is 7.13. The van der Waals surface area contributed by atoms with Gasteiger partial charge in [-0.15, -0.1) is 0 Å². The van der Waals surface area contributed by atoms with Crippen LogP contribution >= 0.6 is 15.9 Å². The molecule has 3 aromatic rings. The molecule has 0 aromatic heterocycles. The third kappa shape index (κ3) is 5.37. The number of ether oxygens (including phenoxy) is 2. The monoisotopic (exact) mass is 544 g/mol. The summed E-state index contributed by atoms with van der Waals surface area (Å²) in [6.07, 6.45) is 0.799. The van der Waals surface area contributed by atoms with Crippen LogP contribution in [-0.2, 0) is 21.2 Å². The van der Waals surface area contributed by atoms with Gasteiger partial charge in [-0.3, -0.25) is 9.52 Å². The largest absolute Gasteiger partial charge is 0.494 e. The van der Waals surface area contributed by atoms with Crippen molar-refractivity contribution in [3.8, 4) is 11.5 Å². The molecule has 9 heteroatoms. The van der Waals surface area contributed by atoms with Crippen molar-refractivity contribution in [1.82, 2.24) is 0 Å². The number of nitrogens with zero attached hydrogens (tertiary/aromatic N) is 1. The van der Waals surface area contributed by atoms with Gasteiger partial charge >= 0.3 is 0 Å². The summed E-state index contributed by atoms with van der Waals surface area (Å²) in [6.45, 7) is 4.65. The maximum atomic E-state index is 12.8. The molecule has 4 rings (SSSR count). The molecule has 0 bridgehead atoms. The van der Waals surface area contributed by atoms with Crippen LogP contribution in [0.15, 0.2) is 70.0 Å². The molecule has 3 aromatic carbocycles. The molecule has 1 N–H and O–H groups in total. The van der Waals surface area contributed by atoms with Gasteiger partial charge in [0.1, 0.15) is 11.5 Å². The van der Waals surface area contributed by atoms with Crippen molar-refractivity contribution in [2.45, 2.75) is 25.2 Å². The lowest BCUT2D eigenvalue weighted by molar-refractivity contribution is -0.120. The fourth-order valence-corrected chi connectivity index (χ4v) is 5.35. The number of halogens is 1. The van der Waals surface area contributed by atoms with Crippen LogP contribution in [0.1, 0.15) is 18.1 Å². The Labute approximate surface area is 207 Å². The van der Waals surface area contributed by atoms with Crippen LogP contribution in [0, 0.1) is 6.92 Å². The van der Waals surface area contributed by atoms with E-state index in [0.29, 0.717) is 35.9 Å². The molecule has 0 fully saturated rings. The summed E-state index contributed by atoms with van der Waals surface area (Å²) in [5.41, 5.74) is 3.07. The highest BCUT2D eigenvalue weighted by Crippen LogP contribution is 2.31. The highest BCUT2D eigenvalue weighted by Gasteiger charge is 2.25. The first-order valence-corrected chi connectivity index (χ1v) is 13.1. The van der Waals surface area contributed by atoms with Crippen LogP contribution < -0.4 is 19.1 Å². The van der Waals surface area contributed by atoms with Gasteiger partial charge in [-0.05, 0) is 92.1 Å². The molecule has 0 radical (unpaired) electrons. The summed E-state index contributed by atoms with van der Waals surface area (Å²) in [6, 6.07) is 17.1. The number of hydrogen-bond acceptors (Lipinski definition) is 5. The van der Waals surface area contributed by atoms with Crippen LogP contribution in [0.4, 0.5) is 11.4 Å². The smallest absolute Gasteiger partial charge is 0.264 e. The van der Waals surface area contributed by atoms with E-state index in [0.717, 1.165) is 22.1 Å². The van der Waals surface area contributed by atoms with Crippen molar-refractivity contribution in [3.63, 3.8) is 0 Å². The standard InChI is InChI=1S/C25H25BrN2O5S/c1-3-32-21-7-5-20(6-8-21)27-34(30,31)22-9-11-24(17(2)14-22)33-16-25(29)28-13-12-18-15-19(26)4-10-23(18)28/h4-11,14-15,27H,3,12-13,16H2,1-2H3. The van der Waals surface area contributed by atoms with Crippen LogP contribution in [0.25, 0.3) is 0 Å². The van der Waals surface area contributed by atoms with Gasteiger partial charge in [0.25, 0.3) is 15.9 Å². The lowest BCUT2D eigenvalue weighted by Crippen LogP contribution is -2.33. The molecule has 1 amide bonds. The van der Waals surface area contributed by atoms with Crippen LogP contribution in [0.2, 0.25) is 0 Å². The minimum absolute atomic E-state index is 0.108. The predicted molar refractivity (Wildman–Crippen MR) is 135 cm³/mol. The first-order chi connectivity index (χ1) is 16.3. The van der Waals surface area contributed by atoms with Gasteiger partial charge in [-0.1, -0.05) is 15.9 Å². The fraction of sp³-hybridized carbons (Fsp3) is 0.240. The van der Waals surface area contributed by atoms with Crippen LogP contribution in [0.3, 0.4) is 0 Å². The molecular formula is C25H25BrN2O5S. The minimum Gasteiger partial charge on any atom is -0.494 e. The predicted octanol–water partition coefficient (Wildman–Crippen LogP) is 4.93. The number of hydrogen-bond donors (Lipinski definition) is 1. The fourth-order valence-electron chi connectivity index (χ4n) is 3.80. The van der Waals surface area contributed by atoms with Crippen molar-refractivity contribution >= 4 is 43.2 Å². The van der Waals surface area contributed by atoms with E-state index in [1.54, 1.807) is 42.2 Å². The molecule has 1 aliphatic rings. The number of carbonyl (C=O) groups is 1. The lowest BCUT2D eigenvalue weighted by Gasteiger charge is -2.18. The summed E-state index contributed by atoms with van der Waals surface area (Å²) in [7, 11) is -3.78. The number of sulfonamides is 1. The van der Waals surface area contributed by atoms with Gasteiger partial charge in [0, 0.05) is 22.4 Å². The molecule has 34 heavy (non-hydrogen) atoms. The molecule has 0 saturated heterocycles. The zero-order chi connectivity index (χ0) is 24.3. The van der Waals surface area contributed by atoms with E-state index in [1.807, 2.05) is 25.1 Å². The van der Waals surface area contributed by atoms with Gasteiger partial charge < -0.3 is 14.4 Å². The van der Waals surface area contributed by atoms with E-state index < -0.39 is 10.0 Å². The number of amides is 1. The Morgan fingerprint density at radius 1 is 1.06 bits per heavy atom. The Bertz CT molecular complexity index is 1310. The van der Waals surface area contributed by atoms with E-state index in [1.165, 1.54) is 12.1 Å². The molecule has 0 spiro atoms. The summed E-state index contributed by atoms with van der Waals surface area (Å²) in [4.78, 5) is 14.6. The molecule has 0 atom stereocenters. The SMILES string of the molecule is CCOc1ccc(NS(=O)(=O)c2ccc(OCC(=O)N3CCc4cc(Br)ccc43)c(C)c2)cc1. The molecule has 7 nitrogen and oxygen atoms in total. The topological polar surface area (TPSA) is 84.9 Å². The number of nitrogens with one attached hydrogen (secondary N) is 1. The van der Waals surface area contributed by atoms with Crippen molar-refractivity contribution in [2.75, 3.05) is 29.4 Å². The average Bonchev–Trinajstić information content (AvgIpc) is 3.22. The average molecular weight is 545 g/mol. The van der Waals surface area contributed by atoms with Crippen molar-refractivity contribution in [2.24, 2.45) is 0 Å². The second-order valence-electron chi connectivity index (χ2n) is 7.85. The minimum atomic E-state index is -3.78. The van der Waals surface area contributed by atoms with Crippen LogP contribution in [-0.4, -0.2) is 34.1 Å². The second-order valence-corrected chi connectivity index (χ2v) is 10.4. The maximum Gasteiger partial charge on any atom is 0.264 e. The van der Waals surface area contributed by atoms with Gasteiger partial charge in [0.05, 0.1) is 11.5 Å². The highest BCUT2D eigenvalue weighted by molar-refractivity contribution is 9.10. The van der Waals surface area contributed by atoms with Gasteiger partial charge in [0.15, 0.2) is 6.61 Å². The Hall–Kier alpha value is -3.04. The van der Waals surface area contributed by atoms with Crippen molar-refractivity contribution < 1.29 is 22.7 Å². The zero-order valence-corrected chi connectivity index (χ0v) is 21.3. The Morgan fingerprint density at radius 3 is 2.53 bits per heavy atom. The number of carbonyl (C=O) groups excluding carboxylic acids is 1. The number of fused-ring (bicyclic) bond motifs is 1. The van der Waals surface area contributed by atoms with Crippen molar-refractivity contribution in [1.29, 1.82) is 0 Å². The molecule has 0 aliphatic carbocycles. The summed E-state index contributed by atoms with van der Waals surface area (Å²) >= 11 is 3.46. The van der Waals surface area contributed by atoms with E-state index in [4.69, 9.17) is 9.47 Å². The number of benzene rings is 3. The highest BCUT2D eigenvalue weighted by atomic mass is 79.9. The van der Waals surface area contributed by atoms with E-state index >= 15 is 0 Å². The Balaban J connectivity index is 1.40. The number of rotatable bonds is 8. The van der Waals surface area contributed by atoms with Crippen molar-refractivity contribution in [3.05, 3.63) is 76.3 Å². The third-order valence-electron chi connectivity index (χ3n) is 5.46. The number of anilines is 2. The maximum absolute atomic E-state index is 12.8. The third-order valence-corrected chi connectivity index (χ3v) is 7.34. The van der Waals surface area contributed by atoms with E-state index in [2.05, 4.69) is 20.7 Å². The molecule has 1 heterocycles. The first kappa shape index (κ1) is 24.1. The quantitative estimate of drug-likeness (QED) is 0.434. The van der Waals surface area contributed by atoms with Gasteiger partial charge in [0.2, 0.25) is 0 Å². The van der Waals surface area contributed by atoms with Gasteiger partial charge in [-0.25, -0.2) is 8.42 Å². The van der Waals surface area contributed by atoms with Crippen LogP contribution in [0.5, 0.6) is 11.5 Å². The van der Waals surface area contributed by atoms with Gasteiger partial charge in [-0.2, -0.15) is 0 Å². The first-order valence-electron chi connectivity index (χ1n) is 10.8. The zero-order valence-electron chi connectivity index (χ0n) is 18.9. The molecule has 178 valence electrons. The summed E-state index contributed by atoms with van der Waals surface area (Å²) in [5, 5.41) is 0. The molecule has 0 saturated carbocycles. The lowest BCUT2D eigenvalue weighted by atomic mass is 10.2. The molecular weight excluding hydrogens is 520 g/mol. The van der Waals surface area contributed by atoms with E-state index in [9.17, 15) is 13.2 Å². The normalized spacial score (nSPS) is 12.9. The second kappa shape index (κ2) is 10.1. The van der Waals surface area contributed by atoms with E-state index in [-0.39, 0.29) is 17.4 Å². The Morgan fingerprint density at radius 2 is 1.82 bits per heavy atom. The molecule has 1 aliphatic heterocycles.